The molecule has 2 N–H and O–H groups in total. The van der Waals surface area contributed by atoms with Crippen LogP contribution in [0.4, 0.5) is 0 Å². The predicted molar refractivity (Wildman–Crippen MR) is 235 cm³/mol. The zero-order valence-corrected chi connectivity index (χ0v) is 37.2. The van der Waals surface area contributed by atoms with Crippen molar-refractivity contribution < 1.29 is 37.9 Å². The maximum atomic E-state index is 12.4. The van der Waals surface area contributed by atoms with Crippen LogP contribution in [-0.4, -0.2) is 41.0 Å². The monoisotopic (exact) mass is 811 g/mol. The number of unbranched alkanes of at least 4 members (excludes halogenated alkanes) is 27. The zero-order chi connectivity index (χ0) is 41.1. The Balaban J connectivity index is 3.91. The van der Waals surface area contributed by atoms with Gasteiger partial charge in [-0.05, 0) is 70.6 Å². The molecule has 56 heavy (non-hydrogen) atoms. The van der Waals surface area contributed by atoms with E-state index in [9.17, 15) is 14.2 Å². The molecule has 0 saturated heterocycles. The average Bonchev–Trinajstić information content (AvgIpc) is 3.17. The molecule has 0 aromatic heterocycles. The highest BCUT2D eigenvalue weighted by Gasteiger charge is 2.22. The van der Waals surface area contributed by atoms with Gasteiger partial charge in [0.25, 0.3) is 0 Å². The molecular weight excluding hydrogens is 723 g/mol. The van der Waals surface area contributed by atoms with E-state index in [2.05, 4.69) is 54.8 Å². The minimum atomic E-state index is -4.77. The van der Waals surface area contributed by atoms with Crippen molar-refractivity contribution in [3.63, 3.8) is 0 Å². The van der Waals surface area contributed by atoms with E-state index in [4.69, 9.17) is 19.3 Å². The van der Waals surface area contributed by atoms with E-state index in [0.717, 1.165) is 57.8 Å². The molecule has 1 atom stereocenters. The van der Waals surface area contributed by atoms with Gasteiger partial charge in [0.2, 0.25) is 0 Å². The van der Waals surface area contributed by atoms with E-state index in [0.29, 0.717) is 12.8 Å². The largest absolute Gasteiger partial charge is 0.469 e. The summed E-state index contributed by atoms with van der Waals surface area (Å²) >= 11 is 0. The van der Waals surface area contributed by atoms with Crippen molar-refractivity contribution in [1.29, 1.82) is 0 Å². The molecular formula is C47H87O8P. The molecule has 0 spiro atoms. The van der Waals surface area contributed by atoms with Crippen LogP contribution in [-0.2, 0) is 28.2 Å². The first-order chi connectivity index (χ1) is 27.3. The molecule has 0 amide bonds. The number of phosphoric ester groups is 1. The van der Waals surface area contributed by atoms with Crippen molar-refractivity contribution in [1.82, 2.24) is 0 Å². The fraction of sp³-hybridized carbons (Fsp3) is 0.830. The minimum Gasteiger partial charge on any atom is -0.462 e. The quantitative estimate of drug-likeness (QED) is 0.0270. The molecule has 0 aromatic carbocycles. The van der Waals surface area contributed by atoms with Gasteiger partial charge in [-0.25, -0.2) is 4.57 Å². The Bertz CT molecular complexity index is 1000. The first kappa shape index (κ1) is 54.3. The number of hydrogen-bond acceptors (Lipinski definition) is 6. The Kier molecular flexibility index (Phi) is 41.5. The smallest absolute Gasteiger partial charge is 0.462 e. The van der Waals surface area contributed by atoms with Crippen LogP contribution in [0.15, 0.2) is 36.5 Å². The maximum absolute atomic E-state index is 12.4. The van der Waals surface area contributed by atoms with E-state index >= 15 is 0 Å². The highest BCUT2D eigenvalue weighted by Crippen LogP contribution is 2.36. The summed E-state index contributed by atoms with van der Waals surface area (Å²) in [4.78, 5) is 42.9. The van der Waals surface area contributed by atoms with Crippen molar-refractivity contribution in [2.45, 2.75) is 238 Å². The average molecular weight is 811 g/mol. The molecule has 0 fully saturated rings. The molecule has 0 heterocycles. The Labute approximate surface area is 344 Å². The van der Waals surface area contributed by atoms with Gasteiger partial charge in [0.15, 0.2) is 6.10 Å². The molecule has 0 rings (SSSR count). The fourth-order valence-electron chi connectivity index (χ4n) is 6.62. The van der Waals surface area contributed by atoms with Crippen LogP contribution in [0.25, 0.3) is 0 Å². The van der Waals surface area contributed by atoms with Gasteiger partial charge in [-0.15, -0.1) is 0 Å². The number of phosphoric acid groups is 1. The van der Waals surface area contributed by atoms with Crippen LogP contribution < -0.4 is 0 Å². The van der Waals surface area contributed by atoms with Crippen LogP contribution in [0, 0.1) is 0 Å². The molecule has 0 unspecified atom stereocenters. The van der Waals surface area contributed by atoms with E-state index in [1.165, 1.54) is 135 Å². The number of carbonyl (C=O) groups is 2. The lowest BCUT2D eigenvalue weighted by Gasteiger charge is -2.18. The van der Waals surface area contributed by atoms with Crippen molar-refractivity contribution in [2.24, 2.45) is 0 Å². The van der Waals surface area contributed by atoms with Gasteiger partial charge in [0, 0.05) is 12.8 Å². The third-order valence-electron chi connectivity index (χ3n) is 10.1. The van der Waals surface area contributed by atoms with Gasteiger partial charge in [-0.2, -0.15) is 0 Å². The summed E-state index contributed by atoms with van der Waals surface area (Å²) in [5.41, 5.74) is 0. The van der Waals surface area contributed by atoms with Gasteiger partial charge >= 0.3 is 19.8 Å². The van der Waals surface area contributed by atoms with Crippen molar-refractivity contribution >= 4 is 19.8 Å². The number of ether oxygens (including phenoxy) is 2. The van der Waals surface area contributed by atoms with Crippen molar-refractivity contribution in [3.05, 3.63) is 36.5 Å². The third-order valence-corrected chi connectivity index (χ3v) is 10.6. The lowest BCUT2D eigenvalue weighted by Crippen LogP contribution is -2.29. The van der Waals surface area contributed by atoms with Gasteiger partial charge in [0.05, 0.1) is 6.61 Å². The third kappa shape index (κ3) is 45.0. The second-order valence-electron chi connectivity index (χ2n) is 15.7. The van der Waals surface area contributed by atoms with Crippen molar-refractivity contribution in [2.75, 3.05) is 13.2 Å². The first-order valence-electron chi connectivity index (χ1n) is 23.3. The second-order valence-corrected chi connectivity index (χ2v) is 17.0. The molecule has 0 aliphatic rings. The highest BCUT2D eigenvalue weighted by atomic mass is 31.2. The van der Waals surface area contributed by atoms with E-state index in [1.807, 2.05) is 0 Å². The van der Waals surface area contributed by atoms with Gasteiger partial charge in [-0.3, -0.25) is 14.1 Å². The van der Waals surface area contributed by atoms with Gasteiger partial charge in [-0.1, -0.05) is 185 Å². The number of carbonyl (C=O) groups excluding carboxylic acids is 2. The first-order valence-corrected chi connectivity index (χ1v) is 24.8. The normalized spacial score (nSPS) is 12.7. The molecule has 0 aliphatic carbocycles. The topological polar surface area (TPSA) is 119 Å². The molecule has 0 bridgehead atoms. The predicted octanol–water partition coefficient (Wildman–Crippen LogP) is 14.5. The fourth-order valence-corrected chi connectivity index (χ4v) is 6.98. The summed E-state index contributed by atoms with van der Waals surface area (Å²) in [5.74, 6) is -0.938. The number of allylic oxidation sites excluding steroid dienone is 6. The minimum absolute atomic E-state index is 0.151. The Morgan fingerprint density at radius 2 is 0.786 bits per heavy atom. The molecule has 0 saturated carbocycles. The second kappa shape index (κ2) is 42.9. The lowest BCUT2D eigenvalue weighted by atomic mass is 10.0. The summed E-state index contributed by atoms with van der Waals surface area (Å²) in [6, 6.07) is 0. The summed E-state index contributed by atoms with van der Waals surface area (Å²) in [7, 11) is -4.77. The molecule has 8 nitrogen and oxygen atoms in total. The number of rotatable bonds is 43. The molecule has 9 heteroatoms. The summed E-state index contributed by atoms with van der Waals surface area (Å²) < 4.78 is 26.4. The molecule has 0 aromatic rings. The number of hydrogen-bond donors (Lipinski definition) is 2. The van der Waals surface area contributed by atoms with Crippen LogP contribution in [0.1, 0.15) is 232 Å². The lowest BCUT2D eigenvalue weighted by molar-refractivity contribution is -0.161. The van der Waals surface area contributed by atoms with E-state index < -0.39 is 32.5 Å². The van der Waals surface area contributed by atoms with Crippen molar-refractivity contribution in [3.8, 4) is 0 Å². The van der Waals surface area contributed by atoms with E-state index in [-0.39, 0.29) is 19.4 Å². The Morgan fingerprint density at radius 1 is 0.446 bits per heavy atom. The van der Waals surface area contributed by atoms with Crippen LogP contribution in [0.2, 0.25) is 0 Å². The van der Waals surface area contributed by atoms with Gasteiger partial charge < -0.3 is 19.3 Å². The summed E-state index contributed by atoms with van der Waals surface area (Å²) in [6.45, 7) is 3.67. The van der Waals surface area contributed by atoms with E-state index in [1.54, 1.807) is 0 Å². The van der Waals surface area contributed by atoms with Crippen LogP contribution >= 0.6 is 7.82 Å². The zero-order valence-electron chi connectivity index (χ0n) is 36.3. The summed E-state index contributed by atoms with van der Waals surface area (Å²) in [5, 5.41) is 0. The Hall–Kier alpha value is -1.73. The van der Waals surface area contributed by atoms with Crippen LogP contribution in [0.3, 0.4) is 0 Å². The SMILES string of the molecule is CCCCCCCC/C=C/CCCCCCCC(=O)OC[C@H](COP(=O)(O)O)OC(=O)CCC/C=C/CC/C=C/CCCCCCCCCCCCCCCC. The standard InChI is InChI=1S/C47H87O8P/c1-3-5-7-9-11-13-15-17-19-20-21-22-23-24-25-26-28-30-32-34-36-38-40-42-47(49)55-45(44-54-56(50,51)52)43-53-46(48)41-39-37-35-33-31-29-27-18-16-14-12-10-8-6-4-2/h18,26-28,34,36,45H,3-17,19-25,29-33,35,37-44H2,1-2H3,(H2,50,51,52)/b27-18+,28-26+,36-34+/t45-/m1/s1. The highest BCUT2D eigenvalue weighted by molar-refractivity contribution is 7.46. The molecule has 328 valence electrons. The van der Waals surface area contributed by atoms with Crippen LogP contribution in [0.5, 0.6) is 0 Å². The maximum Gasteiger partial charge on any atom is 0.469 e. The molecule has 0 radical (unpaired) electrons. The molecule has 0 aliphatic heterocycles. The van der Waals surface area contributed by atoms with Gasteiger partial charge in [0.1, 0.15) is 6.61 Å². The Morgan fingerprint density at radius 3 is 1.20 bits per heavy atom. The number of esters is 2. The summed E-state index contributed by atoms with van der Waals surface area (Å²) in [6.07, 6.45) is 51.7.